The first-order valence-corrected chi connectivity index (χ1v) is 9.01. The van der Waals surface area contributed by atoms with Crippen LogP contribution in [-0.2, 0) is 12.8 Å². The second-order valence-electron chi connectivity index (χ2n) is 7.08. The van der Waals surface area contributed by atoms with E-state index in [0.29, 0.717) is 24.8 Å². The molecule has 1 aliphatic rings. The van der Waals surface area contributed by atoms with Crippen LogP contribution in [-0.4, -0.2) is 10.2 Å². The Hall–Kier alpha value is -2.48. The van der Waals surface area contributed by atoms with Gasteiger partial charge in [0.05, 0.1) is 2.74 Å². The number of hydrogen-bond acceptors (Lipinski definition) is 2. The summed E-state index contributed by atoms with van der Waals surface area (Å²) >= 11 is 0. The van der Waals surface area contributed by atoms with Crippen LogP contribution < -0.4 is 0 Å². The molecule has 0 bridgehead atoms. The van der Waals surface area contributed by atoms with Crippen molar-refractivity contribution in [2.75, 3.05) is 0 Å². The Bertz CT molecular complexity index is 966. The number of phenols is 2. The molecule has 3 rings (SSSR count). The highest BCUT2D eigenvalue weighted by atomic mass is 16.3. The average Bonchev–Trinajstić information content (AvgIpc) is 2.71. The van der Waals surface area contributed by atoms with Crippen molar-refractivity contribution in [3.05, 3.63) is 82.9 Å². The second-order valence-corrected chi connectivity index (χ2v) is 7.08. The molecule has 0 amide bonds. The molecule has 2 atom stereocenters. The van der Waals surface area contributed by atoms with Crippen molar-refractivity contribution in [1.29, 1.82) is 0 Å². The molecular weight excluding hydrogens is 320 g/mol. The van der Waals surface area contributed by atoms with E-state index in [1.807, 2.05) is 30.3 Å². The van der Waals surface area contributed by atoms with Crippen molar-refractivity contribution in [1.82, 2.24) is 0 Å². The zero-order valence-corrected chi connectivity index (χ0v) is 15.0. The number of aryl methyl sites for hydroxylation is 2. The van der Waals surface area contributed by atoms with E-state index in [2.05, 4.69) is 0 Å². The first-order valence-electron chi connectivity index (χ1n) is 11.5. The van der Waals surface area contributed by atoms with E-state index >= 15 is 0 Å². The Labute approximate surface area is 163 Å². The van der Waals surface area contributed by atoms with Crippen LogP contribution in [0.4, 0.5) is 0 Å². The molecule has 136 valence electrons. The van der Waals surface area contributed by atoms with Crippen LogP contribution in [0.5, 0.6) is 11.5 Å². The van der Waals surface area contributed by atoms with Gasteiger partial charge in [0.2, 0.25) is 0 Å². The maximum atomic E-state index is 10.8. The van der Waals surface area contributed by atoms with Gasteiger partial charge in [-0.15, -0.1) is 0 Å². The molecule has 2 nitrogen and oxygen atoms in total. The standard InChI is InChI=1S/C24H28O2/c1-16(2)20-12-9-17(3)13-21(20)24-22(25)14-19(15-23(24)26)11-10-18-7-5-4-6-8-18/h4-8,13-15,20-21,25-26H,1,9-12H2,2-3H3/t20-,21+/m0/s1/i1D2,3D3. The van der Waals surface area contributed by atoms with Gasteiger partial charge in [-0.3, -0.25) is 0 Å². The predicted octanol–water partition coefficient (Wildman–Crippen LogP) is 5.90. The van der Waals surface area contributed by atoms with Gasteiger partial charge in [-0.05, 0) is 68.6 Å². The Morgan fingerprint density at radius 3 is 2.50 bits per heavy atom. The number of hydrogen-bond donors (Lipinski definition) is 2. The topological polar surface area (TPSA) is 40.5 Å². The molecule has 0 radical (unpaired) electrons. The number of aromatic hydroxyl groups is 2. The Morgan fingerprint density at radius 2 is 1.85 bits per heavy atom. The molecule has 0 fully saturated rings. The Morgan fingerprint density at radius 1 is 1.15 bits per heavy atom. The van der Waals surface area contributed by atoms with Crippen molar-refractivity contribution in [3.63, 3.8) is 0 Å². The summed E-state index contributed by atoms with van der Waals surface area (Å²) in [6.45, 7) is -0.894. The molecule has 0 unspecified atom stereocenters. The summed E-state index contributed by atoms with van der Waals surface area (Å²) in [6, 6.07) is 13.2. The van der Waals surface area contributed by atoms with E-state index < -0.39 is 12.8 Å². The van der Waals surface area contributed by atoms with Crippen LogP contribution in [0.2, 0.25) is 0 Å². The summed E-state index contributed by atoms with van der Waals surface area (Å²) in [5.41, 5.74) is 2.99. The normalized spacial score (nSPS) is 23.0. The van der Waals surface area contributed by atoms with Crippen LogP contribution >= 0.6 is 0 Å². The first kappa shape index (κ1) is 12.8. The molecule has 2 aromatic carbocycles. The molecule has 0 spiro atoms. The molecule has 26 heavy (non-hydrogen) atoms. The van der Waals surface area contributed by atoms with E-state index in [9.17, 15) is 10.2 Å². The summed E-state index contributed by atoms with van der Waals surface area (Å²) in [7, 11) is 0. The zero-order chi connectivity index (χ0) is 22.8. The van der Waals surface area contributed by atoms with Gasteiger partial charge in [0.15, 0.2) is 0 Å². The SMILES string of the molecule is [2H]C([2H])=C(C)[C@@H]1CCC(C([2H])([2H])[2H])=C[C@H]1c1c(O)cc(CCc2ccccc2)cc1O. The third kappa shape index (κ3) is 4.01. The third-order valence-corrected chi connectivity index (χ3v) is 5.17. The molecule has 2 aromatic rings. The van der Waals surface area contributed by atoms with Crippen LogP contribution in [0.1, 0.15) is 56.1 Å². The van der Waals surface area contributed by atoms with Crippen LogP contribution in [0.25, 0.3) is 0 Å². The van der Waals surface area contributed by atoms with Crippen molar-refractivity contribution in [3.8, 4) is 11.5 Å². The summed E-state index contributed by atoms with van der Waals surface area (Å²) in [6.07, 6.45) is 3.76. The minimum atomic E-state index is -2.26. The molecule has 0 aromatic heterocycles. The van der Waals surface area contributed by atoms with Gasteiger partial charge in [0.25, 0.3) is 0 Å². The third-order valence-electron chi connectivity index (χ3n) is 5.17. The maximum Gasteiger partial charge on any atom is 0.123 e. The molecule has 0 saturated carbocycles. The largest absolute Gasteiger partial charge is 0.507 e. The molecule has 0 saturated heterocycles. The van der Waals surface area contributed by atoms with Gasteiger partial charge < -0.3 is 10.2 Å². The van der Waals surface area contributed by atoms with E-state index in [1.54, 1.807) is 25.1 Å². The van der Waals surface area contributed by atoms with Crippen molar-refractivity contribution in [2.24, 2.45) is 5.92 Å². The van der Waals surface area contributed by atoms with Gasteiger partial charge in [-0.1, -0.05) is 54.1 Å². The lowest BCUT2D eigenvalue weighted by Gasteiger charge is -2.31. The Kier molecular flexibility index (Phi) is 3.85. The monoisotopic (exact) mass is 353 g/mol. The summed E-state index contributed by atoms with van der Waals surface area (Å²) in [5, 5.41) is 21.6. The van der Waals surface area contributed by atoms with Crippen LogP contribution in [0.3, 0.4) is 0 Å². The highest BCUT2D eigenvalue weighted by Gasteiger charge is 2.30. The van der Waals surface area contributed by atoms with Gasteiger partial charge in [-0.25, -0.2) is 0 Å². The van der Waals surface area contributed by atoms with Gasteiger partial charge >= 0.3 is 0 Å². The summed E-state index contributed by atoms with van der Waals surface area (Å²) in [5.74, 6) is -1.13. The van der Waals surface area contributed by atoms with Crippen LogP contribution in [0, 0.1) is 5.92 Å². The fourth-order valence-electron chi connectivity index (χ4n) is 3.78. The van der Waals surface area contributed by atoms with E-state index in [-0.39, 0.29) is 35.1 Å². The van der Waals surface area contributed by atoms with Gasteiger partial charge in [0, 0.05) is 15.6 Å². The predicted molar refractivity (Wildman–Crippen MR) is 108 cm³/mol. The molecule has 1 aliphatic carbocycles. The first-order chi connectivity index (χ1) is 14.6. The summed E-state index contributed by atoms with van der Waals surface area (Å²) in [4.78, 5) is 0. The fraction of sp³-hybridized carbons (Fsp3) is 0.333. The second kappa shape index (κ2) is 7.82. The smallest absolute Gasteiger partial charge is 0.123 e. The highest BCUT2D eigenvalue weighted by Crippen LogP contribution is 2.46. The quantitative estimate of drug-likeness (QED) is 0.657. The zero-order valence-electron chi connectivity index (χ0n) is 20.0. The number of benzene rings is 2. The van der Waals surface area contributed by atoms with Gasteiger partial charge in [0.1, 0.15) is 11.5 Å². The minimum Gasteiger partial charge on any atom is -0.507 e. The Balaban J connectivity index is 1.97. The fourth-order valence-corrected chi connectivity index (χ4v) is 3.78. The van der Waals surface area contributed by atoms with E-state index in [4.69, 9.17) is 6.85 Å². The molecule has 2 N–H and O–H groups in total. The summed E-state index contributed by atoms with van der Waals surface area (Å²) < 4.78 is 38.7. The van der Waals surface area contributed by atoms with Crippen LogP contribution in [0.15, 0.2) is 66.2 Å². The lowest BCUT2D eigenvalue weighted by atomic mass is 9.73. The maximum absolute atomic E-state index is 10.8. The van der Waals surface area contributed by atoms with Crippen molar-refractivity contribution < 1.29 is 17.1 Å². The lowest BCUT2D eigenvalue weighted by molar-refractivity contribution is 0.406. The van der Waals surface area contributed by atoms with E-state index in [1.165, 1.54) is 0 Å². The number of phenolic OH excluding ortho intramolecular Hbond substituents is 2. The molecule has 0 aliphatic heterocycles. The molecular formula is C24H28O2. The minimum absolute atomic E-state index is 0.0922. The van der Waals surface area contributed by atoms with Crippen molar-refractivity contribution >= 4 is 0 Å². The highest BCUT2D eigenvalue weighted by molar-refractivity contribution is 5.52. The lowest BCUT2D eigenvalue weighted by Crippen LogP contribution is -2.17. The van der Waals surface area contributed by atoms with E-state index in [0.717, 1.165) is 17.5 Å². The molecule has 2 heteroatoms. The average molecular weight is 354 g/mol. The number of allylic oxidation sites excluding steroid dienone is 3. The van der Waals surface area contributed by atoms with Gasteiger partial charge in [-0.2, -0.15) is 0 Å². The number of rotatable bonds is 5. The van der Waals surface area contributed by atoms with Crippen molar-refractivity contribution in [2.45, 2.75) is 45.4 Å². The molecule has 0 heterocycles.